The molecule has 0 aliphatic carbocycles. The number of pyridine rings is 1. The summed E-state index contributed by atoms with van der Waals surface area (Å²) in [7, 11) is -4.67. The fourth-order valence-corrected chi connectivity index (χ4v) is 4.59. The molecule has 10 nitrogen and oxygen atoms in total. The number of nitrogens with zero attached hydrogens (tertiary/aromatic N) is 2. The van der Waals surface area contributed by atoms with Crippen LogP contribution in [0.3, 0.4) is 0 Å². The van der Waals surface area contributed by atoms with E-state index >= 15 is 4.39 Å². The summed E-state index contributed by atoms with van der Waals surface area (Å²) in [6.45, 7) is 5.15. The molecule has 3 aromatic rings. The first-order valence-corrected chi connectivity index (χ1v) is 11.3. The summed E-state index contributed by atoms with van der Waals surface area (Å²) in [6.07, 6.45) is 0.433. The van der Waals surface area contributed by atoms with Gasteiger partial charge in [0.05, 0.1) is 5.56 Å². The minimum atomic E-state index is -4.67. The summed E-state index contributed by atoms with van der Waals surface area (Å²) < 4.78 is 62.3. The lowest BCUT2D eigenvalue weighted by atomic mass is 9.83. The van der Waals surface area contributed by atoms with Crippen molar-refractivity contribution in [2.45, 2.75) is 38.3 Å². The zero-order valence-corrected chi connectivity index (χ0v) is 19.2. The first-order chi connectivity index (χ1) is 15.7. The van der Waals surface area contributed by atoms with Crippen LogP contribution in [-0.2, 0) is 16.4 Å². The Morgan fingerprint density at radius 2 is 1.94 bits per heavy atom. The Morgan fingerprint density at radius 3 is 2.47 bits per heavy atom. The number of nitrogens with one attached hydrogen (secondary N) is 1. The quantitative estimate of drug-likeness (QED) is 0.424. The predicted molar refractivity (Wildman–Crippen MR) is 115 cm³/mol. The zero-order valence-electron chi connectivity index (χ0n) is 18.4. The van der Waals surface area contributed by atoms with Gasteiger partial charge in [0, 0.05) is 24.0 Å². The Morgan fingerprint density at radius 1 is 1.26 bits per heavy atom. The molecule has 0 aromatic carbocycles. The summed E-state index contributed by atoms with van der Waals surface area (Å²) in [6, 6.07) is 3.61. The van der Waals surface area contributed by atoms with Gasteiger partial charge in [-0.3, -0.25) is 4.79 Å². The molecule has 1 unspecified atom stereocenters. The van der Waals surface area contributed by atoms with Crippen molar-refractivity contribution in [1.29, 1.82) is 0 Å². The maximum atomic E-state index is 15.7. The average Bonchev–Trinajstić information content (AvgIpc) is 3.34. The Hall–Kier alpha value is -3.74. The van der Waals surface area contributed by atoms with E-state index < -0.39 is 67.4 Å². The summed E-state index contributed by atoms with van der Waals surface area (Å²) in [5.41, 5.74) is 3.12. The molecule has 3 heterocycles. The van der Waals surface area contributed by atoms with Crippen molar-refractivity contribution in [3.63, 3.8) is 0 Å². The molecule has 0 aliphatic rings. The molecule has 2 amide bonds. The number of hydrogen-bond donors (Lipinski definition) is 3. The van der Waals surface area contributed by atoms with Gasteiger partial charge in [-0.05, 0) is 36.1 Å². The highest BCUT2D eigenvalue weighted by atomic mass is 32.2. The molecule has 0 fully saturated rings. The lowest BCUT2D eigenvalue weighted by molar-refractivity contribution is 0.0968. The molecule has 1 atom stereocenters. The second kappa shape index (κ2) is 8.89. The van der Waals surface area contributed by atoms with E-state index in [-0.39, 0.29) is 12.0 Å². The Kier molecular flexibility index (Phi) is 6.51. The number of rotatable bonds is 7. The highest BCUT2D eigenvalue weighted by molar-refractivity contribution is 7.89. The van der Waals surface area contributed by atoms with E-state index in [1.165, 1.54) is 6.07 Å². The predicted octanol–water partition coefficient (Wildman–Crippen LogP) is 2.98. The number of amides is 2. The minimum absolute atomic E-state index is 0.197. The van der Waals surface area contributed by atoms with Gasteiger partial charge in [-0.1, -0.05) is 20.8 Å². The van der Waals surface area contributed by atoms with E-state index in [2.05, 4.69) is 10.3 Å². The SMILES string of the molecule is CC(C)(C)C(Cc1cn(S(=O)(=O)c2ccc(C(N)=O)o2)c(-c2cccnc2F)c1F)NC(=O)O. The minimum Gasteiger partial charge on any atom is -0.465 e. The molecule has 0 bridgehead atoms. The number of carboxylic acid groups (broad SMARTS) is 1. The van der Waals surface area contributed by atoms with Gasteiger partial charge >= 0.3 is 16.1 Å². The van der Waals surface area contributed by atoms with Crippen molar-refractivity contribution in [3.05, 3.63) is 59.7 Å². The highest BCUT2D eigenvalue weighted by Gasteiger charge is 2.34. The highest BCUT2D eigenvalue weighted by Crippen LogP contribution is 2.34. The third kappa shape index (κ3) is 4.78. The van der Waals surface area contributed by atoms with Gasteiger partial charge < -0.3 is 20.6 Å². The number of nitrogens with two attached hydrogens (primary N) is 1. The first-order valence-electron chi connectivity index (χ1n) is 9.88. The number of aromatic nitrogens is 2. The lowest BCUT2D eigenvalue weighted by Crippen LogP contribution is -2.44. The van der Waals surface area contributed by atoms with Crippen LogP contribution in [0.2, 0.25) is 0 Å². The molecule has 3 rings (SSSR count). The van der Waals surface area contributed by atoms with Crippen molar-refractivity contribution in [1.82, 2.24) is 14.3 Å². The molecule has 0 spiro atoms. The van der Waals surface area contributed by atoms with Gasteiger partial charge in [0.2, 0.25) is 11.0 Å². The maximum absolute atomic E-state index is 15.7. The molecule has 182 valence electrons. The second-order valence-corrected chi connectivity index (χ2v) is 10.3. The topological polar surface area (TPSA) is 158 Å². The van der Waals surface area contributed by atoms with Gasteiger partial charge in [-0.15, -0.1) is 0 Å². The molecule has 0 radical (unpaired) electrons. The number of carbonyl (C=O) groups excluding carboxylic acids is 1. The maximum Gasteiger partial charge on any atom is 0.404 e. The zero-order chi connectivity index (χ0) is 25.4. The summed E-state index contributed by atoms with van der Waals surface area (Å²) in [5, 5.41) is 10.7. The van der Waals surface area contributed by atoms with Crippen molar-refractivity contribution in [2.24, 2.45) is 11.1 Å². The number of halogens is 2. The van der Waals surface area contributed by atoms with Gasteiger partial charge in [0.1, 0.15) is 5.69 Å². The van der Waals surface area contributed by atoms with Crippen LogP contribution in [-0.4, -0.2) is 40.5 Å². The second-order valence-electron chi connectivity index (χ2n) is 8.51. The third-order valence-corrected chi connectivity index (χ3v) is 6.64. The molecule has 0 aliphatic heterocycles. The van der Waals surface area contributed by atoms with Crippen LogP contribution in [0.1, 0.15) is 36.9 Å². The largest absolute Gasteiger partial charge is 0.465 e. The fraction of sp³-hybridized carbons (Fsp3) is 0.286. The van der Waals surface area contributed by atoms with E-state index in [9.17, 15) is 27.5 Å². The Labute approximate surface area is 193 Å². The molecular weight excluding hydrogens is 474 g/mol. The summed E-state index contributed by atoms with van der Waals surface area (Å²) >= 11 is 0. The number of primary amides is 1. The van der Waals surface area contributed by atoms with Crippen molar-refractivity contribution >= 4 is 22.0 Å². The van der Waals surface area contributed by atoms with Crippen LogP contribution in [0.4, 0.5) is 13.6 Å². The summed E-state index contributed by atoms with van der Waals surface area (Å²) in [5.74, 6) is -3.68. The van der Waals surface area contributed by atoms with Crippen molar-refractivity contribution < 1.29 is 36.3 Å². The molecule has 0 saturated heterocycles. The first kappa shape index (κ1) is 24.9. The normalized spacial score (nSPS) is 13.0. The van der Waals surface area contributed by atoms with Crippen LogP contribution < -0.4 is 11.1 Å². The molecule has 0 saturated carbocycles. The van der Waals surface area contributed by atoms with Crippen LogP contribution in [0, 0.1) is 17.2 Å². The summed E-state index contributed by atoms with van der Waals surface area (Å²) in [4.78, 5) is 26.0. The standard InChI is InChI=1S/C21H22F2N4O6S/c1-21(2,3)14(26-20(29)30)9-11-10-27(17(16(11)22)12-5-4-8-25-18(12)23)34(31,32)15-7-6-13(33-15)19(24)28/h4-8,10,14,26H,9H2,1-3H3,(H2,24,28)(H,29,30). The molecule has 3 aromatic heterocycles. The average molecular weight is 496 g/mol. The number of carbonyl (C=O) groups is 2. The number of furan rings is 1. The molecular formula is C21H22F2N4O6S. The van der Waals surface area contributed by atoms with Crippen LogP contribution >= 0.6 is 0 Å². The Balaban J connectivity index is 2.23. The number of hydrogen-bond acceptors (Lipinski definition) is 6. The van der Waals surface area contributed by atoms with E-state index in [4.69, 9.17) is 10.2 Å². The monoisotopic (exact) mass is 496 g/mol. The van der Waals surface area contributed by atoms with E-state index in [1.807, 2.05) is 0 Å². The smallest absolute Gasteiger partial charge is 0.404 e. The molecule has 34 heavy (non-hydrogen) atoms. The molecule has 4 N–H and O–H groups in total. The fourth-order valence-electron chi connectivity index (χ4n) is 3.27. The van der Waals surface area contributed by atoms with E-state index in [1.54, 1.807) is 20.8 Å². The molecule has 13 heteroatoms. The van der Waals surface area contributed by atoms with Gasteiger partial charge in [-0.25, -0.2) is 18.1 Å². The van der Waals surface area contributed by atoms with Crippen molar-refractivity contribution in [2.75, 3.05) is 0 Å². The van der Waals surface area contributed by atoms with Gasteiger partial charge in [-0.2, -0.15) is 12.8 Å². The van der Waals surface area contributed by atoms with E-state index in [0.717, 1.165) is 30.6 Å². The van der Waals surface area contributed by atoms with Gasteiger partial charge in [0.15, 0.2) is 11.6 Å². The Bertz CT molecular complexity index is 1360. The van der Waals surface area contributed by atoms with E-state index in [0.29, 0.717) is 3.97 Å². The van der Waals surface area contributed by atoms with Crippen LogP contribution in [0.5, 0.6) is 0 Å². The third-order valence-electron chi connectivity index (χ3n) is 5.10. The van der Waals surface area contributed by atoms with Crippen LogP contribution in [0.15, 0.2) is 46.2 Å². The van der Waals surface area contributed by atoms with Gasteiger partial charge in [0.25, 0.3) is 5.91 Å². The van der Waals surface area contributed by atoms with Crippen LogP contribution in [0.25, 0.3) is 11.3 Å². The lowest BCUT2D eigenvalue weighted by Gasteiger charge is -2.30. The van der Waals surface area contributed by atoms with Crippen molar-refractivity contribution in [3.8, 4) is 11.3 Å².